The van der Waals surface area contributed by atoms with Gasteiger partial charge in [-0.2, -0.15) is 0 Å². The van der Waals surface area contributed by atoms with Crippen molar-refractivity contribution in [1.82, 2.24) is 10.2 Å². The van der Waals surface area contributed by atoms with E-state index in [2.05, 4.69) is 11.4 Å². The van der Waals surface area contributed by atoms with E-state index in [0.29, 0.717) is 19.4 Å². The molecule has 0 spiro atoms. The second-order valence-corrected chi connectivity index (χ2v) is 4.40. The normalized spacial score (nSPS) is 23.0. The van der Waals surface area contributed by atoms with Crippen LogP contribution in [-0.2, 0) is 9.59 Å². The van der Waals surface area contributed by atoms with Gasteiger partial charge in [-0.25, -0.2) is 0 Å². The van der Waals surface area contributed by atoms with Crippen LogP contribution in [0.3, 0.4) is 0 Å². The first kappa shape index (κ1) is 11.3. The molecule has 0 aromatic heterocycles. The molecule has 0 aromatic carbocycles. The summed E-state index contributed by atoms with van der Waals surface area (Å²) in [6.45, 7) is 2.31. The van der Waals surface area contributed by atoms with Crippen LogP contribution < -0.4 is 5.32 Å². The third-order valence-electron chi connectivity index (χ3n) is 3.15. The first-order chi connectivity index (χ1) is 7.77. The van der Waals surface area contributed by atoms with E-state index in [-0.39, 0.29) is 11.8 Å². The molecule has 2 amide bonds. The molecule has 4 nitrogen and oxygen atoms in total. The van der Waals surface area contributed by atoms with Crippen LogP contribution in [0.5, 0.6) is 0 Å². The predicted molar refractivity (Wildman–Crippen MR) is 60.8 cm³/mol. The number of carbonyl (C=O) groups excluding carboxylic acids is 2. The topological polar surface area (TPSA) is 49.4 Å². The number of carbonyl (C=O) groups is 2. The van der Waals surface area contributed by atoms with Crippen molar-refractivity contribution in [1.29, 1.82) is 0 Å². The Morgan fingerprint density at radius 3 is 2.38 bits per heavy atom. The molecule has 1 saturated heterocycles. The van der Waals surface area contributed by atoms with Crippen LogP contribution in [0.15, 0.2) is 11.6 Å². The monoisotopic (exact) mass is 222 g/mol. The lowest BCUT2D eigenvalue weighted by atomic mass is 10.1. The smallest absolute Gasteiger partial charge is 0.229 e. The van der Waals surface area contributed by atoms with E-state index < -0.39 is 0 Å². The van der Waals surface area contributed by atoms with E-state index >= 15 is 0 Å². The molecular formula is C12H18N2O2. The van der Waals surface area contributed by atoms with Gasteiger partial charge in [0.1, 0.15) is 0 Å². The molecule has 1 fully saturated rings. The molecule has 0 aromatic rings. The second-order valence-electron chi connectivity index (χ2n) is 4.40. The van der Waals surface area contributed by atoms with E-state index in [9.17, 15) is 9.59 Å². The maximum Gasteiger partial charge on any atom is 0.229 e. The number of hydrogen-bond acceptors (Lipinski definition) is 3. The van der Waals surface area contributed by atoms with Crippen LogP contribution in [0.1, 0.15) is 32.1 Å². The van der Waals surface area contributed by atoms with Gasteiger partial charge in [-0.1, -0.05) is 11.6 Å². The lowest BCUT2D eigenvalue weighted by Crippen LogP contribution is -2.38. The molecule has 0 atom stereocenters. The maximum atomic E-state index is 11.8. The molecule has 0 saturated carbocycles. The number of hydrogen-bond donors (Lipinski definition) is 1. The molecule has 0 unspecified atom stereocenters. The average Bonchev–Trinajstić information content (AvgIpc) is 2.46. The van der Waals surface area contributed by atoms with Gasteiger partial charge in [-0.15, -0.1) is 0 Å². The van der Waals surface area contributed by atoms with Crippen molar-refractivity contribution in [2.75, 3.05) is 19.6 Å². The fourth-order valence-electron chi connectivity index (χ4n) is 2.15. The lowest BCUT2D eigenvalue weighted by Gasteiger charge is -2.22. The Balaban J connectivity index is 2.02. The molecule has 2 aliphatic rings. The minimum Gasteiger partial charge on any atom is -0.313 e. The van der Waals surface area contributed by atoms with Crippen LogP contribution in [0.25, 0.3) is 0 Å². The zero-order valence-corrected chi connectivity index (χ0v) is 9.50. The number of imide groups is 1. The highest BCUT2D eigenvalue weighted by Crippen LogP contribution is 2.15. The number of amides is 2. The standard InChI is InChI=1S/C12H18N2O2/c15-11-3-1-2-4-12(16)14(11)9-10-5-7-13-8-6-10/h5,13H,1-4,6-9H2. The maximum absolute atomic E-state index is 11.8. The minimum absolute atomic E-state index is 0.00179. The van der Waals surface area contributed by atoms with Crippen LogP contribution >= 0.6 is 0 Å². The molecule has 2 rings (SSSR count). The summed E-state index contributed by atoms with van der Waals surface area (Å²) in [5, 5.41) is 3.22. The summed E-state index contributed by atoms with van der Waals surface area (Å²) in [4.78, 5) is 25.0. The average molecular weight is 222 g/mol. The molecule has 16 heavy (non-hydrogen) atoms. The fourth-order valence-corrected chi connectivity index (χ4v) is 2.15. The van der Waals surface area contributed by atoms with Gasteiger partial charge in [0.05, 0.1) is 0 Å². The van der Waals surface area contributed by atoms with Gasteiger partial charge in [-0.05, 0) is 25.8 Å². The Morgan fingerprint density at radius 1 is 1.12 bits per heavy atom. The number of rotatable bonds is 2. The van der Waals surface area contributed by atoms with E-state index in [1.54, 1.807) is 0 Å². The van der Waals surface area contributed by atoms with Gasteiger partial charge in [-0.3, -0.25) is 14.5 Å². The highest BCUT2D eigenvalue weighted by Gasteiger charge is 2.24. The van der Waals surface area contributed by atoms with Crippen molar-refractivity contribution in [3.63, 3.8) is 0 Å². The summed E-state index contributed by atoms with van der Waals surface area (Å²) in [5.74, 6) is 0.00358. The molecule has 0 aliphatic carbocycles. The van der Waals surface area contributed by atoms with Gasteiger partial charge in [0.25, 0.3) is 0 Å². The Hall–Kier alpha value is -1.16. The van der Waals surface area contributed by atoms with Crippen LogP contribution in [-0.4, -0.2) is 36.3 Å². The van der Waals surface area contributed by atoms with E-state index in [0.717, 1.165) is 32.4 Å². The van der Waals surface area contributed by atoms with Crippen LogP contribution in [0.2, 0.25) is 0 Å². The Morgan fingerprint density at radius 2 is 1.81 bits per heavy atom. The van der Waals surface area contributed by atoms with Crippen LogP contribution in [0, 0.1) is 0 Å². The van der Waals surface area contributed by atoms with Gasteiger partial charge in [0, 0.05) is 25.9 Å². The van der Waals surface area contributed by atoms with Gasteiger partial charge in [0.15, 0.2) is 0 Å². The lowest BCUT2D eigenvalue weighted by molar-refractivity contribution is -0.143. The van der Waals surface area contributed by atoms with Gasteiger partial charge < -0.3 is 5.32 Å². The minimum atomic E-state index is 0.00179. The number of nitrogens with zero attached hydrogens (tertiary/aromatic N) is 1. The first-order valence-electron chi connectivity index (χ1n) is 5.99. The molecule has 2 heterocycles. The largest absolute Gasteiger partial charge is 0.313 e. The highest BCUT2D eigenvalue weighted by molar-refractivity contribution is 5.96. The van der Waals surface area contributed by atoms with E-state index in [1.807, 2.05) is 0 Å². The van der Waals surface area contributed by atoms with Crippen molar-refractivity contribution >= 4 is 11.8 Å². The van der Waals surface area contributed by atoms with Crippen molar-refractivity contribution < 1.29 is 9.59 Å². The molecule has 4 heteroatoms. The summed E-state index contributed by atoms with van der Waals surface area (Å²) in [7, 11) is 0. The highest BCUT2D eigenvalue weighted by atomic mass is 16.2. The quantitative estimate of drug-likeness (QED) is 0.556. The SMILES string of the molecule is O=C1CCCCC(=O)N1CC1=CCNCC1. The van der Waals surface area contributed by atoms with Gasteiger partial charge >= 0.3 is 0 Å². The third kappa shape index (κ3) is 2.70. The number of likely N-dealkylation sites (tertiary alicyclic amines) is 1. The van der Waals surface area contributed by atoms with Crippen molar-refractivity contribution in [3.05, 3.63) is 11.6 Å². The van der Waals surface area contributed by atoms with Gasteiger partial charge in [0.2, 0.25) is 11.8 Å². The van der Waals surface area contributed by atoms with Crippen molar-refractivity contribution in [2.24, 2.45) is 0 Å². The summed E-state index contributed by atoms with van der Waals surface area (Å²) in [6.07, 6.45) is 5.78. The zero-order chi connectivity index (χ0) is 11.4. The molecule has 88 valence electrons. The summed E-state index contributed by atoms with van der Waals surface area (Å²) < 4.78 is 0. The third-order valence-corrected chi connectivity index (χ3v) is 3.15. The second kappa shape index (κ2) is 5.25. The van der Waals surface area contributed by atoms with E-state index in [4.69, 9.17) is 0 Å². The van der Waals surface area contributed by atoms with E-state index in [1.165, 1.54) is 10.5 Å². The molecule has 0 radical (unpaired) electrons. The first-order valence-corrected chi connectivity index (χ1v) is 5.99. The summed E-state index contributed by atoms with van der Waals surface area (Å²) >= 11 is 0. The summed E-state index contributed by atoms with van der Waals surface area (Å²) in [6, 6.07) is 0. The predicted octanol–water partition coefficient (Wildman–Crippen LogP) is 0.835. The molecule has 1 N–H and O–H groups in total. The molecule has 0 bridgehead atoms. The molecular weight excluding hydrogens is 204 g/mol. The number of nitrogens with one attached hydrogen (secondary N) is 1. The zero-order valence-electron chi connectivity index (χ0n) is 9.50. The Kier molecular flexibility index (Phi) is 3.72. The Bertz CT molecular complexity index is 305. The fraction of sp³-hybridized carbons (Fsp3) is 0.667. The molecule has 2 aliphatic heterocycles. The Labute approximate surface area is 95.7 Å². The van der Waals surface area contributed by atoms with Crippen molar-refractivity contribution in [3.8, 4) is 0 Å². The summed E-state index contributed by atoms with van der Waals surface area (Å²) in [5.41, 5.74) is 1.21. The van der Waals surface area contributed by atoms with Crippen LogP contribution in [0.4, 0.5) is 0 Å². The van der Waals surface area contributed by atoms with Crippen molar-refractivity contribution in [2.45, 2.75) is 32.1 Å².